The van der Waals surface area contributed by atoms with Crippen molar-refractivity contribution < 1.29 is 19.1 Å². The van der Waals surface area contributed by atoms with Gasteiger partial charge in [0.25, 0.3) is 0 Å². The zero-order valence-electron chi connectivity index (χ0n) is 23.1. The molecule has 0 aromatic carbocycles. The van der Waals surface area contributed by atoms with Gasteiger partial charge in [0.1, 0.15) is 0 Å². The van der Waals surface area contributed by atoms with Gasteiger partial charge in [-0.05, 0) is 81.1 Å². The fraction of sp³-hybridized carbons (Fsp3) is 0.786. The van der Waals surface area contributed by atoms with Crippen molar-refractivity contribution in [3.63, 3.8) is 0 Å². The van der Waals surface area contributed by atoms with Gasteiger partial charge >= 0.3 is 0 Å². The number of piperidine rings is 2. The van der Waals surface area contributed by atoms with E-state index < -0.39 is 0 Å². The Labute approximate surface area is 208 Å². The van der Waals surface area contributed by atoms with Crippen LogP contribution in [-0.2, 0) is 19.1 Å². The summed E-state index contributed by atoms with van der Waals surface area (Å²) in [5.41, 5.74) is -0.449. The quantitative estimate of drug-likeness (QED) is 0.328. The molecule has 2 fully saturated rings. The third kappa shape index (κ3) is 7.74. The van der Waals surface area contributed by atoms with E-state index in [0.717, 1.165) is 25.7 Å². The Morgan fingerprint density at radius 2 is 0.941 bits per heavy atom. The van der Waals surface area contributed by atoms with Crippen LogP contribution in [0, 0.1) is 0 Å². The van der Waals surface area contributed by atoms with E-state index in [1.165, 1.54) is 0 Å². The Morgan fingerprint density at radius 3 is 1.35 bits per heavy atom. The van der Waals surface area contributed by atoms with Crippen molar-refractivity contribution in [3.8, 4) is 0 Å². The highest BCUT2D eigenvalue weighted by Crippen LogP contribution is 2.41. The Kier molecular flexibility index (Phi) is 10.1. The monoisotopic (exact) mass is 478 g/mol. The van der Waals surface area contributed by atoms with E-state index in [1.54, 1.807) is 6.08 Å². The summed E-state index contributed by atoms with van der Waals surface area (Å²) >= 11 is 0. The number of ether oxygens (including phenoxy) is 2. The lowest BCUT2D eigenvalue weighted by Crippen LogP contribution is -2.61. The van der Waals surface area contributed by atoms with Gasteiger partial charge in [0.15, 0.2) is 0 Å². The van der Waals surface area contributed by atoms with Crippen LogP contribution < -0.4 is 0 Å². The Morgan fingerprint density at radius 1 is 0.588 bits per heavy atom. The first-order valence-electron chi connectivity index (χ1n) is 12.7. The highest BCUT2D eigenvalue weighted by molar-refractivity contribution is 4.99. The second kappa shape index (κ2) is 11.8. The average molecular weight is 479 g/mol. The van der Waals surface area contributed by atoms with Crippen LogP contribution in [0.1, 0.15) is 81.1 Å². The van der Waals surface area contributed by atoms with Gasteiger partial charge in [0.05, 0.1) is 38.6 Å². The number of rotatable bonds is 12. The average Bonchev–Trinajstić information content (AvgIpc) is 2.68. The van der Waals surface area contributed by atoms with Gasteiger partial charge in [-0.2, -0.15) is 10.1 Å². The number of hydroxylamine groups is 4. The Balaban J connectivity index is 1.83. The fourth-order valence-corrected chi connectivity index (χ4v) is 6.05. The number of hydrogen-bond acceptors (Lipinski definition) is 6. The predicted octanol–water partition coefficient (Wildman–Crippen LogP) is 5.85. The second-order valence-corrected chi connectivity index (χ2v) is 12.2. The standard InChI is InChI=1S/C28H50N2O4/c1-11-15-31-23-19-27(7,8)30(28(9,10)20-23)34-18-14-13-17-32-24-21-25(3,4)29(33-16-12-2)26(5,6)22-24/h11-14,23-24H,1-2,15-22H2,3-10H3/b14-13+. The molecule has 196 valence electrons. The van der Waals surface area contributed by atoms with E-state index in [-0.39, 0.29) is 34.4 Å². The van der Waals surface area contributed by atoms with E-state index in [0.29, 0.717) is 26.4 Å². The van der Waals surface area contributed by atoms with Gasteiger partial charge in [0.2, 0.25) is 0 Å². The van der Waals surface area contributed by atoms with Crippen molar-refractivity contribution in [2.45, 2.75) is 115 Å². The molecule has 2 saturated heterocycles. The van der Waals surface area contributed by atoms with Crippen molar-refractivity contribution in [2.75, 3.05) is 26.4 Å². The van der Waals surface area contributed by atoms with Crippen molar-refractivity contribution >= 4 is 0 Å². The molecule has 0 saturated carbocycles. The van der Waals surface area contributed by atoms with Crippen LogP contribution in [-0.4, -0.2) is 70.9 Å². The molecule has 0 radical (unpaired) electrons. The molecule has 6 heteroatoms. The minimum atomic E-state index is -0.114. The first-order chi connectivity index (χ1) is 15.7. The third-order valence-electron chi connectivity index (χ3n) is 6.77. The summed E-state index contributed by atoms with van der Waals surface area (Å²) in [6.07, 6.45) is 11.8. The minimum Gasteiger partial charge on any atom is -0.374 e. The predicted molar refractivity (Wildman–Crippen MR) is 139 cm³/mol. The summed E-state index contributed by atoms with van der Waals surface area (Å²) in [5, 5.41) is 4.28. The zero-order valence-corrected chi connectivity index (χ0v) is 23.1. The van der Waals surface area contributed by atoms with Crippen molar-refractivity contribution in [1.82, 2.24) is 10.1 Å². The van der Waals surface area contributed by atoms with Gasteiger partial charge in [0, 0.05) is 22.2 Å². The Bertz CT molecular complexity index is 663. The molecule has 0 spiro atoms. The largest absolute Gasteiger partial charge is 0.374 e. The molecule has 2 aliphatic rings. The summed E-state index contributed by atoms with van der Waals surface area (Å²) in [6.45, 7) is 27.5. The van der Waals surface area contributed by atoms with Crippen molar-refractivity contribution in [1.29, 1.82) is 0 Å². The third-order valence-corrected chi connectivity index (χ3v) is 6.77. The molecule has 2 aliphatic heterocycles. The smallest absolute Gasteiger partial charge is 0.0868 e. The van der Waals surface area contributed by atoms with Gasteiger partial charge in [-0.3, -0.25) is 9.68 Å². The van der Waals surface area contributed by atoms with Gasteiger partial charge in [-0.25, -0.2) is 0 Å². The lowest BCUT2D eigenvalue weighted by molar-refractivity contribution is -0.289. The molecule has 0 unspecified atom stereocenters. The topological polar surface area (TPSA) is 43.4 Å². The number of nitrogens with zero attached hydrogens (tertiary/aromatic N) is 2. The summed E-state index contributed by atoms with van der Waals surface area (Å²) < 4.78 is 12.2. The highest BCUT2D eigenvalue weighted by Gasteiger charge is 2.48. The highest BCUT2D eigenvalue weighted by atomic mass is 16.7. The maximum Gasteiger partial charge on any atom is 0.0868 e. The zero-order chi connectivity index (χ0) is 25.6. The lowest BCUT2D eigenvalue weighted by Gasteiger charge is -2.53. The lowest BCUT2D eigenvalue weighted by atomic mass is 9.80. The van der Waals surface area contributed by atoms with E-state index in [4.69, 9.17) is 19.1 Å². The van der Waals surface area contributed by atoms with E-state index in [9.17, 15) is 0 Å². The van der Waals surface area contributed by atoms with Crippen LogP contribution >= 0.6 is 0 Å². The van der Waals surface area contributed by atoms with Crippen LogP contribution in [0.5, 0.6) is 0 Å². The molecule has 2 heterocycles. The maximum atomic E-state index is 6.26. The molecule has 0 amide bonds. The summed E-state index contributed by atoms with van der Waals surface area (Å²) in [7, 11) is 0. The van der Waals surface area contributed by atoms with Gasteiger partial charge in [-0.1, -0.05) is 24.3 Å². The molecule has 0 N–H and O–H groups in total. The van der Waals surface area contributed by atoms with Crippen LogP contribution in [0.25, 0.3) is 0 Å². The summed E-state index contributed by atoms with van der Waals surface area (Å²) in [5.74, 6) is 0. The Hall–Kier alpha value is -1.02. The molecule has 2 rings (SSSR count). The molecule has 34 heavy (non-hydrogen) atoms. The maximum absolute atomic E-state index is 6.26. The van der Waals surface area contributed by atoms with E-state index in [1.807, 2.05) is 6.08 Å². The molecule has 6 nitrogen and oxygen atoms in total. The molecular formula is C28H50N2O4. The molecule has 0 aromatic rings. The molecule has 0 aromatic heterocycles. The van der Waals surface area contributed by atoms with Crippen molar-refractivity contribution in [3.05, 3.63) is 37.5 Å². The minimum absolute atomic E-state index is 0.110. The normalized spacial score (nSPS) is 25.5. The fourth-order valence-electron chi connectivity index (χ4n) is 6.05. The van der Waals surface area contributed by atoms with Crippen LogP contribution in [0.15, 0.2) is 37.5 Å². The molecular weight excluding hydrogens is 428 g/mol. The van der Waals surface area contributed by atoms with Gasteiger partial charge in [-0.15, -0.1) is 13.2 Å². The first-order valence-corrected chi connectivity index (χ1v) is 12.7. The molecule has 0 bridgehead atoms. The van der Waals surface area contributed by atoms with Crippen LogP contribution in [0.4, 0.5) is 0 Å². The van der Waals surface area contributed by atoms with Gasteiger partial charge < -0.3 is 9.47 Å². The van der Waals surface area contributed by atoms with Crippen LogP contribution in [0.3, 0.4) is 0 Å². The first kappa shape index (κ1) is 29.2. The van der Waals surface area contributed by atoms with Crippen molar-refractivity contribution in [2.24, 2.45) is 0 Å². The second-order valence-electron chi connectivity index (χ2n) is 12.2. The molecule has 0 aliphatic carbocycles. The van der Waals surface area contributed by atoms with E-state index >= 15 is 0 Å². The SMILES string of the molecule is C=CCOC1CC(C)(C)N(OC/C=C/COC2CC(C)(C)N(OCC=C)C(C)(C)C2)C(C)(C)C1. The molecule has 0 atom stereocenters. The van der Waals surface area contributed by atoms with E-state index in [2.05, 4.69) is 90.8 Å². The summed E-state index contributed by atoms with van der Waals surface area (Å²) in [6, 6.07) is 0. The number of hydrogen-bond donors (Lipinski definition) is 0. The summed E-state index contributed by atoms with van der Waals surface area (Å²) in [4.78, 5) is 12.3. The van der Waals surface area contributed by atoms with Crippen LogP contribution in [0.2, 0.25) is 0 Å².